The van der Waals surface area contributed by atoms with Crippen molar-refractivity contribution in [3.8, 4) is 11.5 Å². The van der Waals surface area contributed by atoms with E-state index in [1.807, 2.05) is 26.0 Å². The molecule has 1 atom stereocenters. The first-order valence-corrected chi connectivity index (χ1v) is 8.94. The molecule has 0 spiro atoms. The first-order chi connectivity index (χ1) is 12.9. The topological polar surface area (TPSA) is 90.7 Å². The molecule has 0 unspecified atom stereocenters. The van der Waals surface area contributed by atoms with E-state index in [-0.39, 0.29) is 28.9 Å². The van der Waals surface area contributed by atoms with Crippen molar-refractivity contribution in [3.63, 3.8) is 0 Å². The number of nitro benzene ring substituents is 1. The van der Waals surface area contributed by atoms with Crippen LogP contribution in [-0.2, 0) is 13.0 Å². The molecule has 0 saturated heterocycles. The number of nitro groups is 1. The van der Waals surface area contributed by atoms with Crippen LogP contribution < -0.4 is 14.8 Å². The molecule has 3 rings (SSSR count). The summed E-state index contributed by atoms with van der Waals surface area (Å²) in [4.78, 5) is 22.8. The van der Waals surface area contributed by atoms with Crippen molar-refractivity contribution in [3.05, 3.63) is 62.2 Å². The van der Waals surface area contributed by atoms with Crippen LogP contribution in [-0.4, -0.2) is 23.5 Å². The summed E-state index contributed by atoms with van der Waals surface area (Å²) in [5.74, 6) is 0.962. The fourth-order valence-electron chi connectivity index (χ4n) is 2.98. The van der Waals surface area contributed by atoms with Gasteiger partial charge in [0.1, 0.15) is 17.6 Å². The van der Waals surface area contributed by atoms with E-state index < -0.39 is 10.8 Å². The van der Waals surface area contributed by atoms with Crippen molar-refractivity contribution >= 4 is 23.2 Å². The molecule has 0 saturated carbocycles. The number of non-ortho nitro benzene ring substituents is 1. The predicted octanol–water partition coefficient (Wildman–Crippen LogP) is 3.90. The average Bonchev–Trinajstić information content (AvgIpc) is 2.98. The fourth-order valence-corrected chi connectivity index (χ4v) is 3.18. The Labute approximate surface area is 161 Å². The first kappa shape index (κ1) is 19.0. The monoisotopic (exact) mass is 390 g/mol. The summed E-state index contributed by atoms with van der Waals surface area (Å²) in [6.07, 6.45) is 0.911. The molecule has 1 aliphatic rings. The quantitative estimate of drug-likeness (QED) is 0.596. The third kappa shape index (κ3) is 4.14. The molecule has 0 radical (unpaired) electrons. The van der Waals surface area contributed by atoms with E-state index in [4.69, 9.17) is 21.1 Å². The van der Waals surface area contributed by atoms with Gasteiger partial charge >= 0.3 is 0 Å². The van der Waals surface area contributed by atoms with E-state index in [1.54, 1.807) is 0 Å². The Hall–Kier alpha value is -2.80. The Morgan fingerprint density at radius 2 is 2.19 bits per heavy atom. The number of carbonyl (C=O) groups excluding carboxylic acids is 1. The van der Waals surface area contributed by atoms with E-state index in [0.29, 0.717) is 12.4 Å². The number of carbonyl (C=O) groups is 1. The predicted molar refractivity (Wildman–Crippen MR) is 101 cm³/mol. The zero-order valence-electron chi connectivity index (χ0n) is 15.0. The molecule has 1 aliphatic heterocycles. The zero-order chi connectivity index (χ0) is 19.6. The van der Waals surface area contributed by atoms with Gasteiger partial charge in [0.25, 0.3) is 11.6 Å². The summed E-state index contributed by atoms with van der Waals surface area (Å²) in [7, 11) is 0. The Morgan fingerprint density at radius 1 is 1.41 bits per heavy atom. The highest BCUT2D eigenvalue weighted by Gasteiger charge is 2.22. The summed E-state index contributed by atoms with van der Waals surface area (Å²) in [6.45, 7) is 4.55. The van der Waals surface area contributed by atoms with Gasteiger partial charge in [-0.1, -0.05) is 11.6 Å². The van der Waals surface area contributed by atoms with Crippen LogP contribution in [0.2, 0.25) is 5.02 Å². The molecule has 27 heavy (non-hydrogen) atoms. The molecule has 0 aromatic heterocycles. The van der Waals surface area contributed by atoms with Gasteiger partial charge in [-0.3, -0.25) is 14.9 Å². The summed E-state index contributed by atoms with van der Waals surface area (Å²) in [5.41, 5.74) is 1.69. The van der Waals surface area contributed by atoms with Gasteiger partial charge in [-0.2, -0.15) is 0 Å². The van der Waals surface area contributed by atoms with E-state index in [0.717, 1.165) is 29.4 Å². The third-order valence-corrected chi connectivity index (χ3v) is 4.55. The molecule has 0 bridgehead atoms. The molecule has 7 nitrogen and oxygen atoms in total. The highest BCUT2D eigenvalue weighted by molar-refractivity contribution is 6.33. The van der Waals surface area contributed by atoms with Crippen LogP contribution in [0.3, 0.4) is 0 Å². The van der Waals surface area contributed by atoms with E-state index >= 15 is 0 Å². The molecule has 2 aromatic rings. The molecule has 0 aliphatic carbocycles. The number of benzene rings is 2. The molecule has 0 fully saturated rings. The molecule has 2 aromatic carbocycles. The molecular formula is C19H19ClN2O5. The van der Waals surface area contributed by atoms with Crippen molar-refractivity contribution < 1.29 is 19.2 Å². The lowest BCUT2D eigenvalue weighted by Gasteiger charge is -2.13. The van der Waals surface area contributed by atoms with Crippen LogP contribution in [0.4, 0.5) is 5.69 Å². The van der Waals surface area contributed by atoms with Crippen molar-refractivity contribution in [1.82, 2.24) is 5.32 Å². The van der Waals surface area contributed by atoms with Crippen LogP contribution in [0.15, 0.2) is 30.3 Å². The number of nitrogens with zero attached hydrogens (tertiary/aromatic N) is 1. The second-order valence-corrected chi connectivity index (χ2v) is 6.64. The van der Waals surface area contributed by atoms with Gasteiger partial charge in [-0.15, -0.1) is 0 Å². The minimum Gasteiger partial charge on any atom is -0.494 e. The van der Waals surface area contributed by atoms with Crippen molar-refractivity contribution in [2.24, 2.45) is 0 Å². The minimum absolute atomic E-state index is 0.0508. The lowest BCUT2D eigenvalue weighted by molar-refractivity contribution is -0.384. The summed E-state index contributed by atoms with van der Waals surface area (Å²) in [5, 5.41) is 13.8. The Balaban J connectivity index is 1.80. The van der Waals surface area contributed by atoms with Crippen molar-refractivity contribution in [1.29, 1.82) is 0 Å². The normalized spacial score (nSPS) is 15.0. The number of halogens is 1. The first-order valence-electron chi connectivity index (χ1n) is 8.56. The van der Waals surface area contributed by atoms with Gasteiger partial charge in [0.2, 0.25) is 0 Å². The lowest BCUT2D eigenvalue weighted by atomic mass is 10.1. The number of ether oxygens (including phenoxy) is 2. The standard InChI is InChI=1S/C19H19ClN2O5/c1-3-26-17-7-12-6-11(2)27-18(12)8-13(17)10-21-19(23)15-9-14(22(24)25)4-5-16(15)20/h4-5,7-9,11H,3,6,10H2,1-2H3,(H,21,23)/t11-/m0/s1. The second-order valence-electron chi connectivity index (χ2n) is 6.24. The number of hydrogen-bond acceptors (Lipinski definition) is 5. The number of rotatable bonds is 6. The average molecular weight is 391 g/mol. The molecule has 142 valence electrons. The highest BCUT2D eigenvalue weighted by Crippen LogP contribution is 2.35. The van der Waals surface area contributed by atoms with Crippen molar-refractivity contribution in [2.45, 2.75) is 32.9 Å². The minimum atomic E-state index is -0.570. The highest BCUT2D eigenvalue weighted by atomic mass is 35.5. The maximum atomic E-state index is 12.5. The van der Waals surface area contributed by atoms with Gasteiger partial charge in [-0.05, 0) is 32.0 Å². The van der Waals surface area contributed by atoms with Gasteiger partial charge in [0.05, 0.1) is 22.1 Å². The van der Waals surface area contributed by atoms with Crippen molar-refractivity contribution in [2.75, 3.05) is 6.61 Å². The molecular weight excluding hydrogens is 372 g/mol. The zero-order valence-corrected chi connectivity index (χ0v) is 15.7. The van der Waals surface area contributed by atoms with Gasteiger partial charge in [0, 0.05) is 36.2 Å². The largest absolute Gasteiger partial charge is 0.494 e. The Kier molecular flexibility index (Phi) is 5.51. The maximum absolute atomic E-state index is 12.5. The van der Waals surface area contributed by atoms with Crippen LogP contribution in [0, 0.1) is 10.1 Å². The van der Waals surface area contributed by atoms with E-state index in [2.05, 4.69) is 5.32 Å². The summed E-state index contributed by atoms with van der Waals surface area (Å²) in [6, 6.07) is 7.55. The molecule has 1 N–H and O–H groups in total. The third-order valence-electron chi connectivity index (χ3n) is 4.22. The summed E-state index contributed by atoms with van der Waals surface area (Å²) >= 11 is 6.02. The molecule has 1 heterocycles. The fraction of sp³-hybridized carbons (Fsp3) is 0.316. The van der Waals surface area contributed by atoms with Gasteiger partial charge in [-0.25, -0.2) is 0 Å². The smallest absolute Gasteiger partial charge is 0.270 e. The van der Waals surface area contributed by atoms with Crippen LogP contribution in [0.5, 0.6) is 11.5 Å². The number of amides is 1. The lowest BCUT2D eigenvalue weighted by Crippen LogP contribution is -2.23. The maximum Gasteiger partial charge on any atom is 0.270 e. The number of fused-ring (bicyclic) bond motifs is 1. The molecule has 1 amide bonds. The number of hydrogen-bond donors (Lipinski definition) is 1. The Bertz CT molecular complexity index is 900. The molecule has 8 heteroatoms. The Morgan fingerprint density at radius 3 is 2.89 bits per heavy atom. The van der Waals surface area contributed by atoms with E-state index in [1.165, 1.54) is 12.1 Å². The SMILES string of the molecule is CCOc1cc2c(cc1CNC(=O)c1cc([N+](=O)[O-])ccc1Cl)O[C@@H](C)C2. The van der Waals surface area contributed by atoms with Gasteiger partial charge < -0.3 is 14.8 Å². The van der Waals surface area contributed by atoms with E-state index in [9.17, 15) is 14.9 Å². The van der Waals surface area contributed by atoms with Crippen LogP contribution in [0.1, 0.15) is 35.3 Å². The van der Waals surface area contributed by atoms with Gasteiger partial charge in [0.15, 0.2) is 0 Å². The second kappa shape index (κ2) is 7.84. The number of nitrogens with one attached hydrogen (secondary N) is 1. The van der Waals surface area contributed by atoms with Crippen LogP contribution in [0.25, 0.3) is 0 Å². The summed E-state index contributed by atoms with van der Waals surface area (Å²) < 4.78 is 11.5. The van der Waals surface area contributed by atoms with Crippen LogP contribution >= 0.6 is 11.6 Å².